The van der Waals surface area contributed by atoms with Gasteiger partial charge in [-0.3, -0.25) is 14.6 Å². The first kappa shape index (κ1) is 14.1. The normalized spacial score (nSPS) is 11.8. The average molecular weight is 251 g/mol. The van der Waals surface area contributed by atoms with Gasteiger partial charge in [-0.25, -0.2) is 0 Å². The molecular weight excluding hydrogens is 234 g/mol. The van der Waals surface area contributed by atoms with Crippen molar-refractivity contribution < 1.29 is 14.7 Å². The van der Waals surface area contributed by atoms with Crippen LogP contribution in [-0.4, -0.2) is 34.6 Å². The number of aliphatic carboxylic acids is 1. The summed E-state index contributed by atoms with van der Waals surface area (Å²) in [5.74, 6) is -1.22. The van der Waals surface area contributed by atoms with Gasteiger partial charge in [0, 0.05) is 12.7 Å². The Morgan fingerprint density at radius 2 is 2.17 bits per heavy atom. The van der Waals surface area contributed by atoms with Crippen LogP contribution in [0.15, 0.2) is 24.4 Å². The smallest absolute Gasteiger partial charge is 0.320 e. The molecule has 18 heavy (non-hydrogen) atoms. The Hall–Kier alpha value is -1.95. The Labute approximate surface area is 105 Å². The molecule has 0 unspecified atom stereocenters. The molecule has 0 radical (unpaired) electrons. The van der Waals surface area contributed by atoms with Gasteiger partial charge in [-0.1, -0.05) is 6.07 Å². The maximum Gasteiger partial charge on any atom is 0.320 e. The van der Waals surface area contributed by atoms with Crippen LogP contribution in [0.25, 0.3) is 0 Å². The van der Waals surface area contributed by atoms with Crippen molar-refractivity contribution in [2.45, 2.75) is 25.3 Å². The quantitative estimate of drug-likeness (QED) is 0.608. The van der Waals surface area contributed by atoms with Gasteiger partial charge in [0.1, 0.15) is 11.7 Å². The van der Waals surface area contributed by atoms with E-state index in [9.17, 15) is 9.59 Å². The van der Waals surface area contributed by atoms with E-state index in [4.69, 9.17) is 10.8 Å². The summed E-state index contributed by atoms with van der Waals surface area (Å²) in [6.45, 7) is 0.488. The van der Waals surface area contributed by atoms with Crippen molar-refractivity contribution in [3.63, 3.8) is 0 Å². The third-order valence-electron chi connectivity index (χ3n) is 2.44. The second-order valence-corrected chi connectivity index (χ2v) is 3.91. The van der Waals surface area contributed by atoms with Gasteiger partial charge in [0.25, 0.3) is 5.91 Å². The van der Waals surface area contributed by atoms with E-state index in [1.54, 1.807) is 24.4 Å². The predicted molar refractivity (Wildman–Crippen MR) is 66.0 cm³/mol. The molecular formula is C12H17N3O3. The van der Waals surface area contributed by atoms with Gasteiger partial charge in [-0.05, 0) is 31.4 Å². The Morgan fingerprint density at radius 1 is 1.39 bits per heavy atom. The lowest BCUT2D eigenvalue weighted by Gasteiger charge is -2.06. The van der Waals surface area contributed by atoms with Crippen LogP contribution in [0.1, 0.15) is 29.8 Å². The molecule has 0 spiro atoms. The van der Waals surface area contributed by atoms with Gasteiger partial charge in [0.2, 0.25) is 0 Å². The van der Waals surface area contributed by atoms with E-state index in [1.165, 1.54) is 0 Å². The number of nitrogens with one attached hydrogen (secondary N) is 1. The third kappa shape index (κ3) is 4.92. The highest BCUT2D eigenvalue weighted by atomic mass is 16.4. The highest BCUT2D eigenvalue weighted by Gasteiger charge is 2.10. The number of aromatic nitrogens is 1. The van der Waals surface area contributed by atoms with E-state index in [0.717, 1.165) is 0 Å². The van der Waals surface area contributed by atoms with Crippen LogP contribution in [0.5, 0.6) is 0 Å². The standard InChI is InChI=1S/C12H17N3O3/c13-9(12(17)18)5-1-3-8-15-11(16)10-6-2-4-7-14-10/h2,4,6-7,9H,1,3,5,8,13H2,(H,15,16)(H,17,18)/t9-/m0/s1. The molecule has 1 amide bonds. The summed E-state index contributed by atoms with van der Waals surface area (Å²) in [4.78, 5) is 25.9. The number of rotatable bonds is 7. The fraction of sp³-hybridized carbons (Fsp3) is 0.417. The number of hydrogen-bond donors (Lipinski definition) is 3. The molecule has 6 nitrogen and oxygen atoms in total. The van der Waals surface area contributed by atoms with Gasteiger partial charge in [-0.15, -0.1) is 0 Å². The minimum atomic E-state index is -0.993. The molecule has 0 aliphatic rings. The van der Waals surface area contributed by atoms with Gasteiger partial charge in [0.05, 0.1) is 0 Å². The number of carbonyl (C=O) groups is 2. The van der Waals surface area contributed by atoms with Crippen molar-refractivity contribution in [2.75, 3.05) is 6.54 Å². The van der Waals surface area contributed by atoms with Crippen molar-refractivity contribution in [1.29, 1.82) is 0 Å². The van der Waals surface area contributed by atoms with Crippen LogP contribution in [0.3, 0.4) is 0 Å². The summed E-state index contributed by atoms with van der Waals surface area (Å²) in [7, 11) is 0. The minimum absolute atomic E-state index is 0.224. The number of nitrogens with zero attached hydrogens (tertiary/aromatic N) is 1. The van der Waals surface area contributed by atoms with E-state index in [1.807, 2.05) is 0 Å². The van der Waals surface area contributed by atoms with Gasteiger partial charge < -0.3 is 16.2 Å². The lowest BCUT2D eigenvalue weighted by Crippen LogP contribution is -2.30. The molecule has 6 heteroatoms. The number of carbonyl (C=O) groups excluding carboxylic acids is 1. The maximum atomic E-state index is 11.6. The number of amides is 1. The Morgan fingerprint density at radius 3 is 2.78 bits per heavy atom. The van der Waals surface area contributed by atoms with Crippen LogP contribution in [-0.2, 0) is 4.79 Å². The number of carboxylic acids is 1. The molecule has 0 bridgehead atoms. The molecule has 0 aliphatic heterocycles. The second kappa shape index (κ2) is 7.39. The fourth-order valence-electron chi connectivity index (χ4n) is 1.40. The predicted octanol–water partition coefficient (Wildman–Crippen LogP) is 0.394. The molecule has 0 saturated carbocycles. The molecule has 1 rings (SSSR count). The number of unbranched alkanes of at least 4 members (excludes halogenated alkanes) is 1. The number of carboxylic acid groups (broad SMARTS) is 1. The lowest BCUT2D eigenvalue weighted by molar-refractivity contribution is -0.138. The molecule has 0 fully saturated rings. The van der Waals surface area contributed by atoms with E-state index >= 15 is 0 Å². The molecule has 1 aromatic heterocycles. The third-order valence-corrected chi connectivity index (χ3v) is 2.44. The molecule has 1 aromatic rings. The Kier molecular flexibility index (Phi) is 5.79. The molecule has 0 aliphatic carbocycles. The SMILES string of the molecule is N[C@@H](CCCCNC(=O)c1ccccn1)C(=O)O. The Bertz CT molecular complexity index is 395. The molecule has 1 heterocycles. The summed E-state index contributed by atoms with van der Waals surface area (Å²) in [5.41, 5.74) is 5.73. The molecule has 1 atom stereocenters. The minimum Gasteiger partial charge on any atom is -0.480 e. The van der Waals surface area contributed by atoms with Crippen molar-refractivity contribution >= 4 is 11.9 Å². The van der Waals surface area contributed by atoms with Gasteiger partial charge in [-0.2, -0.15) is 0 Å². The van der Waals surface area contributed by atoms with Crippen LogP contribution >= 0.6 is 0 Å². The zero-order chi connectivity index (χ0) is 13.4. The number of pyridine rings is 1. The zero-order valence-electron chi connectivity index (χ0n) is 10.0. The summed E-state index contributed by atoms with van der Waals surface area (Å²) in [6.07, 6.45) is 3.32. The molecule has 98 valence electrons. The number of nitrogens with two attached hydrogens (primary N) is 1. The van der Waals surface area contributed by atoms with Crippen molar-refractivity contribution in [3.8, 4) is 0 Å². The largest absolute Gasteiger partial charge is 0.480 e. The monoisotopic (exact) mass is 251 g/mol. The maximum absolute atomic E-state index is 11.6. The van der Waals surface area contributed by atoms with Crippen molar-refractivity contribution in [1.82, 2.24) is 10.3 Å². The second-order valence-electron chi connectivity index (χ2n) is 3.91. The zero-order valence-corrected chi connectivity index (χ0v) is 10.0. The topological polar surface area (TPSA) is 105 Å². The van der Waals surface area contributed by atoms with Crippen molar-refractivity contribution in [2.24, 2.45) is 5.73 Å². The van der Waals surface area contributed by atoms with E-state index in [0.29, 0.717) is 31.5 Å². The number of hydrogen-bond acceptors (Lipinski definition) is 4. The fourth-order valence-corrected chi connectivity index (χ4v) is 1.40. The first-order chi connectivity index (χ1) is 8.61. The van der Waals surface area contributed by atoms with E-state index in [-0.39, 0.29) is 5.91 Å². The average Bonchev–Trinajstić information content (AvgIpc) is 2.38. The highest BCUT2D eigenvalue weighted by Crippen LogP contribution is 1.99. The van der Waals surface area contributed by atoms with Crippen LogP contribution in [0.4, 0.5) is 0 Å². The first-order valence-corrected chi connectivity index (χ1v) is 5.79. The molecule has 0 aromatic carbocycles. The summed E-state index contributed by atoms with van der Waals surface area (Å²) in [5, 5.41) is 11.3. The Balaban J connectivity index is 2.15. The van der Waals surface area contributed by atoms with Crippen LogP contribution in [0, 0.1) is 0 Å². The molecule has 0 saturated heterocycles. The highest BCUT2D eigenvalue weighted by molar-refractivity contribution is 5.92. The lowest BCUT2D eigenvalue weighted by atomic mass is 10.1. The van der Waals surface area contributed by atoms with Crippen molar-refractivity contribution in [3.05, 3.63) is 30.1 Å². The van der Waals surface area contributed by atoms with E-state index in [2.05, 4.69) is 10.3 Å². The summed E-state index contributed by atoms with van der Waals surface area (Å²) < 4.78 is 0. The van der Waals surface area contributed by atoms with Crippen LogP contribution < -0.4 is 11.1 Å². The van der Waals surface area contributed by atoms with Gasteiger partial charge >= 0.3 is 5.97 Å². The van der Waals surface area contributed by atoms with Gasteiger partial charge in [0.15, 0.2) is 0 Å². The van der Waals surface area contributed by atoms with Crippen LogP contribution in [0.2, 0.25) is 0 Å². The first-order valence-electron chi connectivity index (χ1n) is 5.79. The molecule has 4 N–H and O–H groups in total. The summed E-state index contributed by atoms with van der Waals surface area (Å²) >= 11 is 0. The van der Waals surface area contributed by atoms with E-state index < -0.39 is 12.0 Å². The summed E-state index contributed by atoms with van der Waals surface area (Å²) in [6, 6.07) is 4.30.